The van der Waals surface area contributed by atoms with Gasteiger partial charge in [0.15, 0.2) is 24.8 Å². The molecular weight excluding hydrogens is 748 g/mol. The second-order valence-electron chi connectivity index (χ2n) is 14.3. The van der Waals surface area contributed by atoms with Crippen LogP contribution < -0.4 is 17.5 Å². The van der Waals surface area contributed by atoms with Gasteiger partial charge in [0.1, 0.15) is 13.1 Å². The van der Waals surface area contributed by atoms with Gasteiger partial charge >= 0.3 is 53.6 Å². The molecule has 0 saturated heterocycles. The molecule has 0 bridgehead atoms. The summed E-state index contributed by atoms with van der Waals surface area (Å²) in [6, 6.07) is 12.6. The van der Waals surface area contributed by atoms with Gasteiger partial charge < -0.3 is 0 Å². The van der Waals surface area contributed by atoms with Gasteiger partial charge in [-0.2, -0.15) is 0 Å². The summed E-state index contributed by atoms with van der Waals surface area (Å²) < 4.78 is 63.5. The third-order valence-electron chi connectivity index (χ3n) is 9.26. The fraction of sp³-hybridized carbons (Fsp3) is 0.762. The molecule has 11 heteroatoms. The number of aryl methyl sites for hydroxylation is 2. The molecule has 0 saturated carbocycles. The summed E-state index contributed by atoms with van der Waals surface area (Å²) >= 11 is -12.1. The molecule has 0 spiro atoms. The van der Waals surface area contributed by atoms with Gasteiger partial charge in [0, 0.05) is 37.1 Å². The van der Waals surface area contributed by atoms with Crippen molar-refractivity contribution >= 4 is 0 Å². The second kappa shape index (κ2) is 37.4. The van der Waals surface area contributed by atoms with E-state index in [0.29, 0.717) is 0 Å². The number of pyridine rings is 2. The standard InChI is InChI=1S/2C21H38N.2Cr.7O/c2*1-2-3-4-5-6-7-8-9-10-11-12-13-14-16-19-22-20-17-15-18-21-22;;;;;;;;;/h2*15,17-18,20-21H,2-14,16,19H2,1H3;;;;;;;;;/q2*+1;;;;;;;;2*-1. The van der Waals surface area contributed by atoms with E-state index in [1.807, 2.05) is 0 Å². The Kier molecular flexibility index (Phi) is 36.3. The quantitative estimate of drug-likeness (QED) is 0.0530. The van der Waals surface area contributed by atoms with Crippen LogP contribution in [0.1, 0.15) is 194 Å². The number of unbranched alkanes of at least 4 members (excludes halogenated alkanes) is 26. The van der Waals surface area contributed by atoms with Crippen molar-refractivity contribution in [2.24, 2.45) is 0 Å². The predicted molar refractivity (Wildman–Crippen MR) is 198 cm³/mol. The van der Waals surface area contributed by atoms with Crippen LogP contribution in [0.25, 0.3) is 0 Å². The topological polar surface area (TPSA) is 131 Å². The Morgan fingerprint density at radius 3 is 0.755 bits per heavy atom. The SMILES string of the molecule is CCCCCCCCCCCCCCCC[n+]1ccccc1.CCCCCCCCCCCCCCCC[n+]1ccccc1.[O]=[Cr](=[O])([O-])[O][Cr](=[O])(=[O])[O-]. The zero-order chi connectivity index (χ0) is 39.1. The molecule has 0 amide bonds. The Labute approximate surface area is 329 Å². The van der Waals surface area contributed by atoms with Crippen molar-refractivity contribution in [3.8, 4) is 0 Å². The average molecular weight is 825 g/mol. The van der Waals surface area contributed by atoms with Gasteiger partial charge in [0.25, 0.3) is 0 Å². The molecule has 0 unspecified atom stereocenters. The second-order valence-corrected chi connectivity index (χ2v) is 17.9. The molecule has 0 aliphatic heterocycles. The van der Waals surface area contributed by atoms with Gasteiger partial charge in [-0.1, -0.05) is 180 Å². The van der Waals surface area contributed by atoms with E-state index in [1.165, 1.54) is 193 Å². The Bertz CT molecular complexity index is 1150. The summed E-state index contributed by atoms with van der Waals surface area (Å²) in [5.74, 6) is 0. The maximum atomic E-state index is 9.38. The summed E-state index contributed by atoms with van der Waals surface area (Å²) in [5, 5.41) is 0. The van der Waals surface area contributed by atoms with Crippen LogP contribution in [0.5, 0.6) is 0 Å². The van der Waals surface area contributed by atoms with Crippen molar-refractivity contribution in [2.75, 3.05) is 0 Å². The molecule has 0 atom stereocenters. The maximum absolute atomic E-state index is 9.38. The van der Waals surface area contributed by atoms with Gasteiger partial charge in [-0.25, -0.2) is 9.13 Å². The third-order valence-corrected chi connectivity index (χ3v) is 11.9. The first kappa shape index (κ1) is 51.4. The van der Waals surface area contributed by atoms with Crippen LogP contribution in [0.4, 0.5) is 0 Å². The van der Waals surface area contributed by atoms with Crippen LogP contribution in [0.15, 0.2) is 61.2 Å². The Morgan fingerprint density at radius 1 is 0.358 bits per heavy atom. The molecule has 0 N–H and O–H groups in total. The average Bonchev–Trinajstić information content (AvgIpc) is 3.12. The van der Waals surface area contributed by atoms with Crippen LogP contribution in [0.2, 0.25) is 0 Å². The molecule has 308 valence electrons. The molecule has 0 aromatic carbocycles. The van der Waals surface area contributed by atoms with Crippen LogP contribution in [0, 0.1) is 0 Å². The predicted octanol–water partition coefficient (Wildman–Crippen LogP) is 9.98. The Morgan fingerprint density at radius 2 is 0.566 bits per heavy atom. The molecule has 2 rings (SSSR count). The van der Waals surface area contributed by atoms with Crippen molar-refractivity contribution in [2.45, 2.75) is 207 Å². The molecule has 2 aromatic rings. The first-order valence-corrected chi connectivity index (χ1v) is 25.2. The fourth-order valence-electron chi connectivity index (χ4n) is 6.25. The third kappa shape index (κ3) is 43.0. The Hall–Kier alpha value is -1.56. The summed E-state index contributed by atoms with van der Waals surface area (Å²) in [6.45, 7) is 6.94. The van der Waals surface area contributed by atoms with E-state index in [-0.39, 0.29) is 0 Å². The van der Waals surface area contributed by atoms with E-state index in [0.717, 1.165) is 0 Å². The Balaban J connectivity index is 0.000000833. The fourth-order valence-corrected chi connectivity index (χ4v) is 7.88. The van der Waals surface area contributed by atoms with Gasteiger partial charge in [-0.3, -0.25) is 0 Å². The normalized spacial score (nSPS) is 11.4. The van der Waals surface area contributed by atoms with Crippen LogP contribution >= 0.6 is 0 Å². The first-order valence-electron chi connectivity index (χ1n) is 21.1. The van der Waals surface area contributed by atoms with Crippen molar-refractivity contribution in [3.63, 3.8) is 0 Å². The monoisotopic (exact) mass is 824 g/mol. The van der Waals surface area contributed by atoms with Crippen LogP contribution in [-0.2, 0) is 58.4 Å². The molecule has 0 aliphatic rings. The van der Waals surface area contributed by atoms with Gasteiger partial charge in [-0.05, 0) is 12.8 Å². The molecule has 2 heterocycles. The van der Waals surface area contributed by atoms with E-state index in [1.54, 1.807) is 0 Å². The van der Waals surface area contributed by atoms with Crippen LogP contribution in [-0.4, -0.2) is 0 Å². The first-order chi connectivity index (χ1) is 25.6. The van der Waals surface area contributed by atoms with Crippen molar-refractivity contribution < 1.29 is 62.7 Å². The molecule has 0 fully saturated rings. The number of aromatic nitrogens is 2. The van der Waals surface area contributed by atoms with E-state index in [2.05, 4.69) is 87.0 Å². The molecule has 0 aliphatic carbocycles. The van der Waals surface area contributed by atoms with Gasteiger partial charge in [0.05, 0.1) is 0 Å². The summed E-state index contributed by atoms with van der Waals surface area (Å²) in [4.78, 5) is 0. The molecule has 9 nitrogen and oxygen atoms in total. The minimum absolute atomic E-state index is 1.18. The molecular formula is C42H76Cr2N2O7. The number of hydrogen-bond acceptors (Lipinski definition) is 7. The summed E-state index contributed by atoms with van der Waals surface area (Å²) in [5.41, 5.74) is 0. The molecule has 53 heavy (non-hydrogen) atoms. The van der Waals surface area contributed by atoms with Gasteiger partial charge in [-0.15, -0.1) is 0 Å². The molecule has 2 aromatic heterocycles. The van der Waals surface area contributed by atoms with Crippen molar-refractivity contribution in [1.82, 2.24) is 0 Å². The zero-order valence-electron chi connectivity index (χ0n) is 33.6. The zero-order valence-corrected chi connectivity index (χ0v) is 36.1. The van der Waals surface area contributed by atoms with E-state index < -0.39 is 27.2 Å². The minimum atomic E-state index is -6.07. The van der Waals surface area contributed by atoms with E-state index >= 15 is 0 Å². The summed E-state index contributed by atoms with van der Waals surface area (Å²) in [6.07, 6.45) is 48.8. The van der Waals surface area contributed by atoms with Gasteiger partial charge in [0.2, 0.25) is 0 Å². The number of hydrogen-bond donors (Lipinski definition) is 0. The number of nitrogens with zero attached hydrogens (tertiary/aromatic N) is 2. The van der Waals surface area contributed by atoms with Crippen LogP contribution in [0.3, 0.4) is 0 Å². The van der Waals surface area contributed by atoms with Crippen molar-refractivity contribution in [3.05, 3.63) is 61.2 Å². The molecule has 0 radical (unpaired) electrons. The van der Waals surface area contributed by atoms with E-state index in [9.17, 15) is 23.5 Å². The van der Waals surface area contributed by atoms with E-state index in [4.69, 9.17) is 0 Å². The number of rotatable bonds is 32. The van der Waals surface area contributed by atoms with Crippen molar-refractivity contribution in [1.29, 1.82) is 0 Å². The summed E-state index contributed by atoms with van der Waals surface area (Å²) in [7, 11) is 0.